The highest BCUT2D eigenvalue weighted by atomic mass is 79.9. The van der Waals surface area contributed by atoms with E-state index in [2.05, 4.69) is 22.9 Å². The molecule has 3 heteroatoms. The van der Waals surface area contributed by atoms with Gasteiger partial charge in [-0.3, -0.25) is 0 Å². The summed E-state index contributed by atoms with van der Waals surface area (Å²) in [5.41, 5.74) is 0. The fraction of sp³-hybridized carbons (Fsp3) is 0.625. The van der Waals surface area contributed by atoms with Crippen molar-refractivity contribution in [2.75, 3.05) is 5.75 Å². The minimum absolute atomic E-state index is 0.112. The van der Waals surface area contributed by atoms with Crippen molar-refractivity contribution in [2.45, 2.75) is 63.2 Å². The molecule has 0 unspecified atom stereocenters. The average molecular weight is 347 g/mol. The lowest BCUT2D eigenvalue weighted by atomic mass is 10.1. The lowest BCUT2D eigenvalue weighted by molar-refractivity contribution is 0.585. The third kappa shape index (κ3) is 7.98. The first-order chi connectivity index (χ1) is 9.24. The van der Waals surface area contributed by atoms with Crippen LogP contribution >= 0.6 is 27.7 Å². The minimum atomic E-state index is -0.112. The summed E-state index contributed by atoms with van der Waals surface area (Å²) in [7, 11) is 0. The molecule has 0 radical (unpaired) electrons. The number of unbranched alkanes of at least 4 members (excludes halogenated alkanes) is 7. The van der Waals surface area contributed by atoms with Crippen molar-refractivity contribution >= 4 is 27.7 Å². The number of hydrogen-bond donors (Lipinski definition) is 0. The molecule has 0 amide bonds. The normalized spacial score (nSPS) is 10.9. The summed E-state index contributed by atoms with van der Waals surface area (Å²) in [4.78, 5) is 0.770. The molecule has 0 spiro atoms. The zero-order valence-corrected chi connectivity index (χ0v) is 14.2. The van der Waals surface area contributed by atoms with E-state index in [1.165, 1.54) is 57.4 Å². The molecule has 0 aliphatic rings. The van der Waals surface area contributed by atoms with Crippen LogP contribution in [-0.4, -0.2) is 5.75 Å². The Kier molecular flexibility index (Phi) is 9.62. The minimum Gasteiger partial charge on any atom is -0.206 e. The lowest BCUT2D eigenvalue weighted by Crippen LogP contribution is -1.86. The fourth-order valence-corrected chi connectivity index (χ4v) is 3.27. The van der Waals surface area contributed by atoms with E-state index in [4.69, 9.17) is 0 Å². The van der Waals surface area contributed by atoms with E-state index >= 15 is 0 Å². The molecule has 1 aromatic rings. The quantitative estimate of drug-likeness (QED) is 0.330. The number of rotatable bonds is 10. The van der Waals surface area contributed by atoms with Crippen LogP contribution in [0.2, 0.25) is 0 Å². The molecule has 1 rings (SSSR count). The van der Waals surface area contributed by atoms with Crippen molar-refractivity contribution < 1.29 is 4.39 Å². The van der Waals surface area contributed by atoms with Gasteiger partial charge in [0.2, 0.25) is 0 Å². The first kappa shape index (κ1) is 17.0. The van der Waals surface area contributed by atoms with Crippen LogP contribution in [-0.2, 0) is 0 Å². The van der Waals surface area contributed by atoms with Crippen molar-refractivity contribution in [2.24, 2.45) is 0 Å². The summed E-state index contributed by atoms with van der Waals surface area (Å²) in [5.74, 6) is 0.909. The molecule has 0 saturated heterocycles. The molecule has 19 heavy (non-hydrogen) atoms. The number of benzene rings is 1. The van der Waals surface area contributed by atoms with Gasteiger partial charge < -0.3 is 0 Å². The van der Waals surface area contributed by atoms with Crippen LogP contribution in [0, 0.1) is 5.82 Å². The molecular weight excluding hydrogens is 323 g/mol. The predicted molar refractivity (Wildman–Crippen MR) is 87.4 cm³/mol. The lowest BCUT2D eigenvalue weighted by Gasteiger charge is -2.04. The number of hydrogen-bond acceptors (Lipinski definition) is 1. The van der Waals surface area contributed by atoms with Gasteiger partial charge in [0.15, 0.2) is 0 Å². The van der Waals surface area contributed by atoms with Gasteiger partial charge in [0, 0.05) is 9.37 Å². The highest BCUT2D eigenvalue weighted by molar-refractivity contribution is 9.10. The van der Waals surface area contributed by atoms with Crippen LogP contribution in [0.15, 0.2) is 27.6 Å². The van der Waals surface area contributed by atoms with E-state index in [9.17, 15) is 4.39 Å². The maximum Gasteiger partial charge on any atom is 0.137 e. The van der Waals surface area contributed by atoms with Crippen molar-refractivity contribution in [3.8, 4) is 0 Å². The molecule has 0 aromatic heterocycles. The SMILES string of the molecule is CCCCCCCCCCSc1ccc(Br)cc1F. The monoisotopic (exact) mass is 346 g/mol. The Morgan fingerprint density at radius 2 is 1.63 bits per heavy atom. The van der Waals surface area contributed by atoms with Gasteiger partial charge in [0.1, 0.15) is 5.82 Å². The molecule has 1 aromatic carbocycles. The third-order valence-electron chi connectivity index (χ3n) is 3.15. The maximum absolute atomic E-state index is 13.5. The molecule has 108 valence electrons. The van der Waals surface area contributed by atoms with Gasteiger partial charge in [-0.25, -0.2) is 4.39 Å². The Morgan fingerprint density at radius 3 is 2.26 bits per heavy atom. The van der Waals surface area contributed by atoms with Gasteiger partial charge in [-0.2, -0.15) is 0 Å². The van der Waals surface area contributed by atoms with Crippen LogP contribution in [0.25, 0.3) is 0 Å². The van der Waals surface area contributed by atoms with Gasteiger partial charge in [0.05, 0.1) is 0 Å². The van der Waals surface area contributed by atoms with Gasteiger partial charge in [-0.15, -0.1) is 11.8 Å². The smallest absolute Gasteiger partial charge is 0.137 e. The Labute approximate surface area is 129 Å². The number of halogens is 2. The Balaban J connectivity index is 2.01. The molecule has 0 N–H and O–H groups in total. The van der Waals surface area contributed by atoms with Gasteiger partial charge in [-0.05, 0) is 30.4 Å². The van der Waals surface area contributed by atoms with Crippen molar-refractivity contribution in [3.05, 3.63) is 28.5 Å². The summed E-state index contributed by atoms with van der Waals surface area (Å²) < 4.78 is 14.4. The van der Waals surface area contributed by atoms with Gasteiger partial charge in [-0.1, -0.05) is 67.8 Å². The molecule has 0 heterocycles. The van der Waals surface area contributed by atoms with Crippen LogP contribution < -0.4 is 0 Å². The zero-order valence-electron chi connectivity index (χ0n) is 11.8. The van der Waals surface area contributed by atoms with E-state index in [0.29, 0.717) is 0 Å². The molecular formula is C16H24BrFS. The highest BCUT2D eigenvalue weighted by Crippen LogP contribution is 2.25. The Hall–Kier alpha value is -0.0200. The second kappa shape index (κ2) is 10.7. The summed E-state index contributed by atoms with van der Waals surface area (Å²) in [5, 5.41) is 0. The van der Waals surface area contributed by atoms with Crippen LogP contribution in [0.3, 0.4) is 0 Å². The maximum atomic E-state index is 13.5. The van der Waals surface area contributed by atoms with E-state index in [1.807, 2.05) is 12.1 Å². The van der Waals surface area contributed by atoms with Gasteiger partial charge in [0.25, 0.3) is 0 Å². The van der Waals surface area contributed by atoms with Crippen LogP contribution in [0.5, 0.6) is 0 Å². The van der Waals surface area contributed by atoms with E-state index in [0.717, 1.165) is 15.1 Å². The standard InChI is InChI=1S/C16H24BrFS/c1-2-3-4-5-6-7-8-9-12-19-16-11-10-14(17)13-15(16)18/h10-11,13H,2-9,12H2,1H3. The first-order valence-electron chi connectivity index (χ1n) is 7.32. The average Bonchev–Trinajstić information content (AvgIpc) is 2.39. The zero-order chi connectivity index (χ0) is 13.9. The van der Waals surface area contributed by atoms with Crippen LogP contribution in [0.4, 0.5) is 4.39 Å². The summed E-state index contributed by atoms with van der Waals surface area (Å²) in [6.45, 7) is 2.25. The summed E-state index contributed by atoms with van der Waals surface area (Å²) in [6.07, 6.45) is 10.6. The highest BCUT2D eigenvalue weighted by Gasteiger charge is 2.02. The van der Waals surface area contributed by atoms with E-state index < -0.39 is 0 Å². The van der Waals surface area contributed by atoms with E-state index in [1.54, 1.807) is 11.8 Å². The Morgan fingerprint density at radius 1 is 1.00 bits per heavy atom. The molecule has 0 aliphatic carbocycles. The molecule has 0 bridgehead atoms. The van der Waals surface area contributed by atoms with Gasteiger partial charge >= 0.3 is 0 Å². The van der Waals surface area contributed by atoms with Crippen LogP contribution in [0.1, 0.15) is 58.3 Å². The molecule has 0 atom stereocenters. The first-order valence-corrected chi connectivity index (χ1v) is 9.09. The predicted octanol–water partition coefficient (Wildman–Crippen LogP) is 6.82. The second-order valence-corrected chi connectivity index (χ2v) is 6.95. The molecule has 0 nitrogen and oxygen atoms in total. The van der Waals surface area contributed by atoms with E-state index in [-0.39, 0.29) is 5.82 Å². The third-order valence-corrected chi connectivity index (χ3v) is 4.78. The second-order valence-electron chi connectivity index (χ2n) is 4.90. The fourth-order valence-electron chi connectivity index (χ4n) is 2.01. The van der Waals surface area contributed by atoms with Crippen molar-refractivity contribution in [1.29, 1.82) is 0 Å². The Bertz CT molecular complexity index is 355. The molecule has 0 fully saturated rings. The summed E-state index contributed by atoms with van der Waals surface area (Å²) in [6, 6.07) is 5.30. The van der Waals surface area contributed by atoms with Crippen molar-refractivity contribution in [1.82, 2.24) is 0 Å². The largest absolute Gasteiger partial charge is 0.206 e. The topological polar surface area (TPSA) is 0 Å². The molecule has 0 aliphatic heterocycles. The van der Waals surface area contributed by atoms with Crippen molar-refractivity contribution in [3.63, 3.8) is 0 Å². The summed E-state index contributed by atoms with van der Waals surface area (Å²) >= 11 is 4.91. The molecule has 0 saturated carbocycles. The number of thioether (sulfide) groups is 1.